The lowest BCUT2D eigenvalue weighted by Gasteiger charge is -1.90. The summed E-state index contributed by atoms with van der Waals surface area (Å²) in [5.41, 5.74) is 4.64. The minimum absolute atomic E-state index is 0.0991. The van der Waals surface area contributed by atoms with Crippen molar-refractivity contribution in [1.82, 2.24) is 0 Å². The molecule has 0 aliphatic heterocycles. The maximum Gasteiger partial charge on any atom is 0.254 e. The summed E-state index contributed by atoms with van der Waals surface area (Å²) in [6, 6.07) is 0. The number of nitrogens with two attached hydrogens (primary N) is 1. The lowest BCUT2D eigenvalue weighted by molar-refractivity contribution is 0.0895. The van der Waals surface area contributed by atoms with E-state index in [0.717, 1.165) is 0 Å². The van der Waals surface area contributed by atoms with Crippen molar-refractivity contribution in [2.45, 2.75) is 18.8 Å². The number of rotatable bonds is 1. The lowest BCUT2D eigenvalue weighted by atomic mass is 10.3. The fourth-order valence-electron chi connectivity index (χ4n) is 1.71. The Bertz CT molecular complexity index is 157. The van der Waals surface area contributed by atoms with E-state index in [1.807, 2.05) is 0 Å². The summed E-state index contributed by atoms with van der Waals surface area (Å²) in [5.74, 6) is -2.22. The molecular formula is C6H9F2N. The van der Waals surface area contributed by atoms with Gasteiger partial charge in [0, 0.05) is 11.8 Å². The summed E-state index contributed by atoms with van der Waals surface area (Å²) in [4.78, 5) is 0. The highest BCUT2D eigenvalue weighted by Crippen LogP contribution is 2.78. The maximum absolute atomic E-state index is 12.4. The Morgan fingerprint density at radius 2 is 2.11 bits per heavy atom. The Kier molecular flexibility index (Phi) is 0.712. The highest BCUT2D eigenvalue weighted by molar-refractivity contribution is 5.24. The molecule has 3 heteroatoms. The molecule has 2 rings (SSSR count). The van der Waals surface area contributed by atoms with Gasteiger partial charge in [-0.2, -0.15) is 0 Å². The van der Waals surface area contributed by atoms with Crippen LogP contribution >= 0.6 is 0 Å². The van der Waals surface area contributed by atoms with Crippen molar-refractivity contribution in [3.05, 3.63) is 0 Å². The summed E-state index contributed by atoms with van der Waals surface area (Å²) < 4.78 is 24.7. The van der Waals surface area contributed by atoms with Crippen LogP contribution in [0.2, 0.25) is 0 Å². The van der Waals surface area contributed by atoms with Crippen LogP contribution in [-0.4, -0.2) is 12.5 Å². The van der Waals surface area contributed by atoms with E-state index in [4.69, 9.17) is 5.73 Å². The van der Waals surface area contributed by atoms with Gasteiger partial charge in [-0.15, -0.1) is 0 Å². The van der Waals surface area contributed by atoms with Crippen LogP contribution in [0.15, 0.2) is 0 Å². The van der Waals surface area contributed by atoms with Crippen LogP contribution in [0, 0.1) is 11.3 Å². The van der Waals surface area contributed by atoms with Gasteiger partial charge >= 0.3 is 0 Å². The summed E-state index contributed by atoms with van der Waals surface area (Å²) >= 11 is 0. The largest absolute Gasteiger partial charge is 0.330 e. The zero-order chi connectivity index (χ0) is 6.70. The Morgan fingerprint density at radius 3 is 2.22 bits per heavy atom. The molecule has 0 amide bonds. The molecule has 0 aromatic rings. The smallest absolute Gasteiger partial charge is 0.254 e. The minimum Gasteiger partial charge on any atom is -0.330 e. The molecule has 0 bridgehead atoms. The third-order valence-electron chi connectivity index (χ3n) is 2.66. The normalized spacial score (nSPS) is 51.7. The van der Waals surface area contributed by atoms with Crippen LogP contribution in [0.3, 0.4) is 0 Å². The summed E-state index contributed by atoms with van der Waals surface area (Å²) in [6.45, 7) is 0.440. The molecule has 2 aliphatic rings. The van der Waals surface area contributed by atoms with E-state index >= 15 is 0 Å². The quantitative estimate of drug-likeness (QED) is 0.567. The van der Waals surface area contributed by atoms with Crippen LogP contribution < -0.4 is 5.73 Å². The molecule has 1 nitrogen and oxygen atoms in total. The topological polar surface area (TPSA) is 26.0 Å². The van der Waals surface area contributed by atoms with Crippen LogP contribution in [0.1, 0.15) is 12.8 Å². The van der Waals surface area contributed by atoms with Gasteiger partial charge < -0.3 is 5.73 Å². The van der Waals surface area contributed by atoms with Crippen LogP contribution in [0.5, 0.6) is 0 Å². The molecule has 1 unspecified atom stereocenters. The SMILES string of the molecule is NCC1C[C@@]12CC2(F)F. The molecule has 2 N–H and O–H groups in total. The number of hydrogen-bond acceptors (Lipinski definition) is 1. The molecule has 2 aliphatic carbocycles. The van der Waals surface area contributed by atoms with Gasteiger partial charge in [-0.3, -0.25) is 0 Å². The van der Waals surface area contributed by atoms with Crippen molar-refractivity contribution >= 4 is 0 Å². The second kappa shape index (κ2) is 1.15. The molecule has 2 saturated carbocycles. The zero-order valence-electron chi connectivity index (χ0n) is 5.03. The molecule has 0 heterocycles. The van der Waals surface area contributed by atoms with Gasteiger partial charge in [-0.25, -0.2) is 8.78 Å². The molecule has 0 saturated heterocycles. The minimum atomic E-state index is -2.35. The summed E-state index contributed by atoms with van der Waals surface area (Å²) in [5, 5.41) is 0. The first-order chi connectivity index (χ1) is 4.12. The van der Waals surface area contributed by atoms with Gasteiger partial charge in [0.05, 0.1) is 0 Å². The number of halogens is 2. The monoisotopic (exact) mass is 133 g/mol. The van der Waals surface area contributed by atoms with Gasteiger partial charge in [0.1, 0.15) is 0 Å². The Balaban J connectivity index is 2.05. The van der Waals surface area contributed by atoms with Crippen LogP contribution in [0.4, 0.5) is 8.78 Å². The average Bonchev–Trinajstić information content (AvgIpc) is 2.53. The fourth-order valence-corrected chi connectivity index (χ4v) is 1.71. The van der Waals surface area contributed by atoms with Crippen molar-refractivity contribution in [2.24, 2.45) is 17.1 Å². The maximum atomic E-state index is 12.4. The predicted molar refractivity (Wildman–Crippen MR) is 29.2 cm³/mol. The molecule has 0 aromatic carbocycles. The Labute approximate surface area is 52.2 Å². The first-order valence-electron chi connectivity index (χ1n) is 3.20. The van der Waals surface area contributed by atoms with E-state index in [-0.39, 0.29) is 12.3 Å². The third-order valence-corrected chi connectivity index (χ3v) is 2.66. The third kappa shape index (κ3) is 0.467. The van der Waals surface area contributed by atoms with Gasteiger partial charge in [0.2, 0.25) is 0 Å². The van der Waals surface area contributed by atoms with E-state index in [9.17, 15) is 8.78 Å². The van der Waals surface area contributed by atoms with Gasteiger partial charge in [0.15, 0.2) is 0 Å². The van der Waals surface area contributed by atoms with Crippen molar-refractivity contribution in [3.8, 4) is 0 Å². The Morgan fingerprint density at radius 1 is 1.56 bits per heavy atom. The molecule has 0 aromatic heterocycles. The van der Waals surface area contributed by atoms with Crippen molar-refractivity contribution in [1.29, 1.82) is 0 Å². The van der Waals surface area contributed by atoms with Crippen molar-refractivity contribution in [3.63, 3.8) is 0 Å². The highest BCUT2D eigenvalue weighted by atomic mass is 19.3. The molecular weight excluding hydrogens is 124 g/mol. The van der Waals surface area contributed by atoms with E-state index in [0.29, 0.717) is 13.0 Å². The summed E-state index contributed by atoms with van der Waals surface area (Å²) in [6.07, 6.45) is 0.762. The molecule has 52 valence electrons. The number of alkyl halides is 2. The van der Waals surface area contributed by atoms with Gasteiger partial charge in [-0.1, -0.05) is 0 Å². The van der Waals surface area contributed by atoms with Gasteiger partial charge in [0.25, 0.3) is 5.92 Å². The van der Waals surface area contributed by atoms with Crippen molar-refractivity contribution < 1.29 is 8.78 Å². The fraction of sp³-hybridized carbons (Fsp3) is 1.00. The lowest BCUT2D eigenvalue weighted by Crippen LogP contribution is -2.05. The number of hydrogen-bond donors (Lipinski definition) is 1. The molecule has 2 atom stereocenters. The van der Waals surface area contributed by atoms with Crippen molar-refractivity contribution in [2.75, 3.05) is 6.54 Å². The first-order valence-corrected chi connectivity index (χ1v) is 3.20. The highest BCUT2D eigenvalue weighted by Gasteiger charge is 2.82. The molecule has 0 radical (unpaired) electrons. The summed E-state index contributed by atoms with van der Waals surface area (Å²) in [7, 11) is 0. The van der Waals surface area contributed by atoms with Gasteiger partial charge in [-0.05, 0) is 18.9 Å². The average molecular weight is 133 g/mol. The van der Waals surface area contributed by atoms with E-state index in [1.54, 1.807) is 0 Å². The molecule has 2 fully saturated rings. The first kappa shape index (κ1) is 5.59. The van der Waals surface area contributed by atoms with Crippen LogP contribution in [0.25, 0.3) is 0 Å². The predicted octanol–water partition coefficient (Wildman–Crippen LogP) is 0.990. The second-order valence-corrected chi connectivity index (χ2v) is 3.17. The molecule has 1 spiro atoms. The Hall–Kier alpha value is -0.180. The second-order valence-electron chi connectivity index (χ2n) is 3.17. The molecule has 9 heavy (non-hydrogen) atoms. The van der Waals surface area contributed by atoms with E-state index in [1.165, 1.54) is 0 Å². The van der Waals surface area contributed by atoms with E-state index < -0.39 is 11.3 Å². The van der Waals surface area contributed by atoms with Crippen LogP contribution in [-0.2, 0) is 0 Å². The van der Waals surface area contributed by atoms with E-state index in [2.05, 4.69) is 0 Å². The zero-order valence-corrected chi connectivity index (χ0v) is 5.03. The standard InChI is InChI=1S/C6H9F2N/c7-6(8)3-5(6)1-4(5)2-9/h4H,1-3,9H2/t4?,5-/m1/s1.